The van der Waals surface area contributed by atoms with E-state index in [0.717, 1.165) is 59.3 Å². The molecular formula is C24H28N4O3. The monoisotopic (exact) mass is 420 g/mol. The van der Waals surface area contributed by atoms with Crippen LogP contribution in [0.15, 0.2) is 53.3 Å². The number of aliphatic hydroxyl groups excluding tert-OH is 1. The third-order valence-electron chi connectivity index (χ3n) is 6.21. The van der Waals surface area contributed by atoms with Crippen molar-refractivity contribution in [2.24, 2.45) is 0 Å². The number of aromatic amines is 2. The molecule has 1 unspecified atom stereocenters. The van der Waals surface area contributed by atoms with Gasteiger partial charge >= 0.3 is 5.69 Å². The molecule has 4 aromatic rings. The van der Waals surface area contributed by atoms with Crippen LogP contribution in [0.4, 0.5) is 0 Å². The second-order valence-corrected chi connectivity index (χ2v) is 8.48. The lowest BCUT2D eigenvalue weighted by Gasteiger charge is -2.33. The lowest BCUT2D eigenvalue weighted by atomic mass is 10.0. The zero-order valence-electron chi connectivity index (χ0n) is 17.7. The molecule has 0 saturated carbocycles. The average molecular weight is 421 g/mol. The Morgan fingerprint density at radius 2 is 1.87 bits per heavy atom. The normalized spacial score (nSPS) is 16.8. The fourth-order valence-electron chi connectivity index (χ4n) is 4.73. The van der Waals surface area contributed by atoms with Crippen molar-refractivity contribution in [3.63, 3.8) is 0 Å². The average Bonchev–Trinajstić information content (AvgIpc) is 3.31. The highest BCUT2D eigenvalue weighted by atomic mass is 16.5. The molecular weight excluding hydrogens is 392 g/mol. The van der Waals surface area contributed by atoms with Crippen molar-refractivity contribution in [2.45, 2.75) is 31.9 Å². The van der Waals surface area contributed by atoms with Gasteiger partial charge in [0.05, 0.1) is 11.0 Å². The van der Waals surface area contributed by atoms with Gasteiger partial charge in [-0.1, -0.05) is 18.2 Å². The van der Waals surface area contributed by atoms with E-state index in [4.69, 9.17) is 4.74 Å². The van der Waals surface area contributed by atoms with Gasteiger partial charge in [0.2, 0.25) is 0 Å². The summed E-state index contributed by atoms with van der Waals surface area (Å²) >= 11 is 0. The number of aliphatic hydroxyl groups is 1. The number of imidazole rings is 1. The van der Waals surface area contributed by atoms with Crippen LogP contribution in [-0.2, 0) is 0 Å². The van der Waals surface area contributed by atoms with Crippen LogP contribution in [0.2, 0.25) is 0 Å². The van der Waals surface area contributed by atoms with Crippen molar-refractivity contribution in [1.82, 2.24) is 19.4 Å². The van der Waals surface area contributed by atoms with Crippen LogP contribution in [0.25, 0.3) is 21.9 Å². The largest absolute Gasteiger partial charge is 0.490 e. The molecule has 31 heavy (non-hydrogen) atoms. The Morgan fingerprint density at radius 3 is 2.71 bits per heavy atom. The minimum absolute atomic E-state index is 0.0396. The van der Waals surface area contributed by atoms with E-state index in [9.17, 15) is 9.90 Å². The molecule has 2 aromatic carbocycles. The number of nitrogens with zero attached hydrogens (tertiary/aromatic N) is 2. The van der Waals surface area contributed by atoms with Crippen LogP contribution in [0.5, 0.6) is 5.75 Å². The molecule has 0 radical (unpaired) electrons. The molecule has 1 fully saturated rings. The molecule has 1 atom stereocenters. The van der Waals surface area contributed by atoms with E-state index < -0.39 is 6.10 Å². The van der Waals surface area contributed by atoms with Crippen LogP contribution in [0.3, 0.4) is 0 Å². The first-order valence-electron chi connectivity index (χ1n) is 10.9. The molecule has 7 heteroatoms. The van der Waals surface area contributed by atoms with Gasteiger partial charge in [0.15, 0.2) is 0 Å². The van der Waals surface area contributed by atoms with Crippen molar-refractivity contribution >= 4 is 21.9 Å². The zero-order chi connectivity index (χ0) is 21.4. The number of rotatable bonds is 6. The topological polar surface area (TPSA) is 86.3 Å². The van der Waals surface area contributed by atoms with Crippen LogP contribution in [0.1, 0.15) is 24.6 Å². The maximum absolute atomic E-state index is 12.4. The molecule has 0 aliphatic carbocycles. The van der Waals surface area contributed by atoms with E-state index in [1.54, 1.807) is 0 Å². The van der Waals surface area contributed by atoms with E-state index in [0.29, 0.717) is 6.54 Å². The summed E-state index contributed by atoms with van der Waals surface area (Å²) in [5.41, 5.74) is 3.94. The van der Waals surface area contributed by atoms with Crippen molar-refractivity contribution in [3.05, 3.63) is 64.7 Å². The number of aryl methyl sites for hydroxylation is 1. The van der Waals surface area contributed by atoms with Gasteiger partial charge in [-0.2, -0.15) is 0 Å². The van der Waals surface area contributed by atoms with Gasteiger partial charge in [-0.25, -0.2) is 4.79 Å². The molecule has 1 aliphatic rings. The molecule has 1 saturated heterocycles. The lowest BCUT2D eigenvalue weighted by Crippen LogP contribution is -2.42. The fourth-order valence-corrected chi connectivity index (χ4v) is 4.73. The van der Waals surface area contributed by atoms with Gasteiger partial charge in [-0.15, -0.1) is 0 Å². The number of ether oxygens (including phenoxy) is 1. The lowest BCUT2D eigenvalue weighted by molar-refractivity contribution is 0.0564. The fraction of sp³-hybridized carbons (Fsp3) is 0.375. The van der Waals surface area contributed by atoms with Gasteiger partial charge < -0.3 is 24.7 Å². The third-order valence-corrected chi connectivity index (χ3v) is 6.21. The molecule has 1 aliphatic heterocycles. The maximum atomic E-state index is 12.4. The van der Waals surface area contributed by atoms with Crippen molar-refractivity contribution in [1.29, 1.82) is 0 Å². The Kier molecular flexibility index (Phi) is 5.29. The predicted molar refractivity (Wildman–Crippen MR) is 122 cm³/mol. The van der Waals surface area contributed by atoms with Crippen LogP contribution in [0, 0.1) is 6.92 Å². The second kappa shape index (κ2) is 8.24. The number of nitrogens with one attached hydrogen (secondary N) is 2. The number of benzene rings is 2. The zero-order valence-corrected chi connectivity index (χ0v) is 17.7. The summed E-state index contributed by atoms with van der Waals surface area (Å²) in [7, 11) is 0. The van der Waals surface area contributed by atoms with Crippen LogP contribution in [-0.4, -0.2) is 56.9 Å². The quantitative estimate of drug-likeness (QED) is 0.447. The summed E-state index contributed by atoms with van der Waals surface area (Å²) in [5.74, 6) is 0.790. The molecule has 0 amide bonds. The minimum Gasteiger partial charge on any atom is -0.490 e. The van der Waals surface area contributed by atoms with Gasteiger partial charge in [0, 0.05) is 42.3 Å². The predicted octanol–water partition coefficient (Wildman–Crippen LogP) is 3.20. The van der Waals surface area contributed by atoms with E-state index in [1.807, 2.05) is 54.0 Å². The standard InChI is InChI=1S/C24H28N4O3/c1-16-13-19-20(25-16)6-4-8-23(19)31-15-18(29)14-27-11-9-17(10-12-27)28-22-7-3-2-5-21(22)26-24(28)30/h2-8,13,17-18,25,29H,9-12,14-15H2,1H3,(H,26,30). The van der Waals surface area contributed by atoms with E-state index in [-0.39, 0.29) is 18.3 Å². The van der Waals surface area contributed by atoms with Crippen molar-refractivity contribution < 1.29 is 9.84 Å². The highest BCUT2D eigenvalue weighted by molar-refractivity contribution is 5.86. The number of aromatic nitrogens is 3. The second-order valence-electron chi connectivity index (χ2n) is 8.48. The van der Waals surface area contributed by atoms with E-state index in [2.05, 4.69) is 20.9 Å². The number of para-hydroxylation sites is 2. The molecule has 5 rings (SSSR count). The molecule has 3 N–H and O–H groups in total. The number of fused-ring (bicyclic) bond motifs is 2. The Morgan fingerprint density at radius 1 is 1.10 bits per heavy atom. The van der Waals surface area contributed by atoms with Crippen molar-refractivity contribution in [2.75, 3.05) is 26.2 Å². The number of piperidine rings is 1. The SMILES string of the molecule is Cc1cc2c(OCC(O)CN3CCC(n4c(=O)[nH]c5ccccc54)CC3)cccc2[nH]1. The van der Waals surface area contributed by atoms with Crippen LogP contribution < -0.4 is 10.4 Å². The number of hydrogen-bond donors (Lipinski definition) is 3. The highest BCUT2D eigenvalue weighted by Crippen LogP contribution is 2.27. The number of H-pyrrole nitrogens is 2. The van der Waals surface area contributed by atoms with Gasteiger partial charge in [0.1, 0.15) is 18.5 Å². The first-order valence-corrected chi connectivity index (χ1v) is 10.9. The minimum atomic E-state index is -0.567. The molecule has 2 aromatic heterocycles. The molecule has 0 spiro atoms. The Balaban J connectivity index is 1.17. The summed E-state index contributed by atoms with van der Waals surface area (Å²) in [6.45, 7) is 4.54. The van der Waals surface area contributed by atoms with Crippen LogP contribution >= 0.6 is 0 Å². The number of likely N-dealkylation sites (tertiary alicyclic amines) is 1. The summed E-state index contributed by atoms with van der Waals surface area (Å²) in [4.78, 5) is 21.0. The summed E-state index contributed by atoms with van der Waals surface area (Å²) in [5, 5.41) is 11.6. The molecule has 0 bridgehead atoms. The summed E-state index contributed by atoms with van der Waals surface area (Å²) in [6, 6.07) is 16.0. The Hall–Kier alpha value is -3.03. The molecule has 3 heterocycles. The first kappa shape index (κ1) is 19.9. The highest BCUT2D eigenvalue weighted by Gasteiger charge is 2.24. The molecule has 7 nitrogen and oxygen atoms in total. The summed E-state index contributed by atoms with van der Waals surface area (Å²) in [6.07, 6.45) is 1.21. The van der Waals surface area contributed by atoms with Crippen molar-refractivity contribution in [3.8, 4) is 5.75 Å². The van der Waals surface area contributed by atoms with E-state index in [1.165, 1.54) is 0 Å². The van der Waals surface area contributed by atoms with Gasteiger partial charge in [-0.05, 0) is 50.1 Å². The third kappa shape index (κ3) is 3.98. The van der Waals surface area contributed by atoms with Gasteiger partial charge in [0.25, 0.3) is 0 Å². The smallest absolute Gasteiger partial charge is 0.326 e. The first-order chi connectivity index (χ1) is 15.1. The number of hydrogen-bond acceptors (Lipinski definition) is 4. The molecule has 162 valence electrons. The maximum Gasteiger partial charge on any atom is 0.326 e. The van der Waals surface area contributed by atoms with E-state index >= 15 is 0 Å². The Bertz CT molecular complexity index is 1250. The van der Waals surface area contributed by atoms with Gasteiger partial charge in [-0.3, -0.25) is 4.57 Å². The summed E-state index contributed by atoms with van der Waals surface area (Å²) < 4.78 is 7.83. The number of β-amino-alcohol motifs (C(OH)–C–C–N with tert-alkyl or cyclic N) is 1. The Labute approximate surface area is 180 Å².